The number of nitrogens with one attached hydrogen (secondary N) is 1. The van der Waals surface area contributed by atoms with Gasteiger partial charge in [-0.2, -0.15) is 0 Å². The second-order valence-electron chi connectivity index (χ2n) is 5.93. The molecule has 3 N–H and O–H groups in total. The lowest BCUT2D eigenvalue weighted by Gasteiger charge is -2.11. The highest BCUT2D eigenvalue weighted by Gasteiger charge is 2.32. The van der Waals surface area contributed by atoms with Crippen molar-refractivity contribution >= 4 is 22.5 Å². The fourth-order valence-corrected chi connectivity index (χ4v) is 3.86. The molecule has 0 spiro atoms. The van der Waals surface area contributed by atoms with Gasteiger partial charge in [0.15, 0.2) is 0 Å². The Morgan fingerprint density at radius 1 is 1.14 bits per heavy atom. The van der Waals surface area contributed by atoms with Crippen LogP contribution in [0.1, 0.15) is 34.9 Å². The van der Waals surface area contributed by atoms with Crippen molar-refractivity contribution in [3.63, 3.8) is 0 Å². The molecular weight excluding hydrogens is 299 g/mol. The van der Waals surface area contributed by atoms with Crippen molar-refractivity contribution in [1.29, 1.82) is 0 Å². The summed E-state index contributed by atoms with van der Waals surface area (Å²) in [6, 6.07) is 10.9. The summed E-state index contributed by atoms with van der Waals surface area (Å²) in [5.41, 5.74) is 10.5. The molecule has 0 saturated carbocycles. The van der Waals surface area contributed by atoms with E-state index in [4.69, 9.17) is 17.3 Å². The molecule has 2 unspecified atom stereocenters. The normalized spacial score (nSPS) is 20.5. The molecule has 1 aromatic heterocycles. The number of nitrogens with two attached hydrogens (primary N) is 1. The van der Waals surface area contributed by atoms with Crippen LogP contribution in [0.2, 0.25) is 5.02 Å². The molecule has 0 saturated heterocycles. The van der Waals surface area contributed by atoms with Gasteiger partial charge in [-0.1, -0.05) is 17.7 Å². The third-order valence-corrected chi connectivity index (χ3v) is 4.96. The zero-order valence-electron chi connectivity index (χ0n) is 11.9. The van der Waals surface area contributed by atoms with Crippen molar-refractivity contribution in [3.05, 3.63) is 70.1 Å². The molecule has 1 aliphatic rings. The summed E-state index contributed by atoms with van der Waals surface area (Å²) >= 11 is 6.19. The molecule has 2 nitrogen and oxygen atoms in total. The Balaban J connectivity index is 1.89. The summed E-state index contributed by atoms with van der Waals surface area (Å²) in [5.74, 6) is 0.321. The fourth-order valence-electron chi connectivity index (χ4n) is 3.68. The molecular formula is C18H16ClFN2. The number of hydrogen-bond donors (Lipinski definition) is 2. The van der Waals surface area contributed by atoms with Crippen LogP contribution in [0, 0.1) is 5.82 Å². The zero-order valence-corrected chi connectivity index (χ0v) is 12.7. The van der Waals surface area contributed by atoms with Crippen molar-refractivity contribution in [2.75, 3.05) is 6.54 Å². The molecule has 4 heteroatoms. The van der Waals surface area contributed by atoms with Crippen LogP contribution in [0.3, 0.4) is 0 Å². The lowest BCUT2D eigenvalue weighted by Crippen LogP contribution is -2.09. The maximum Gasteiger partial charge on any atom is 0.123 e. The van der Waals surface area contributed by atoms with E-state index in [0.717, 1.165) is 27.9 Å². The highest BCUT2D eigenvalue weighted by Crippen LogP contribution is 2.47. The third kappa shape index (κ3) is 2.04. The monoisotopic (exact) mass is 314 g/mol. The van der Waals surface area contributed by atoms with Crippen LogP contribution in [0.25, 0.3) is 10.9 Å². The fraction of sp³-hybridized carbons (Fsp3) is 0.222. The van der Waals surface area contributed by atoms with Gasteiger partial charge in [-0.15, -0.1) is 0 Å². The Morgan fingerprint density at radius 2 is 2.00 bits per heavy atom. The highest BCUT2D eigenvalue weighted by atomic mass is 35.5. The van der Waals surface area contributed by atoms with E-state index in [9.17, 15) is 4.39 Å². The van der Waals surface area contributed by atoms with E-state index in [1.165, 1.54) is 17.2 Å². The molecule has 2 atom stereocenters. The average Bonchev–Trinajstić information content (AvgIpc) is 3.07. The van der Waals surface area contributed by atoms with Crippen LogP contribution in [0.15, 0.2) is 42.6 Å². The quantitative estimate of drug-likeness (QED) is 0.716. The number of aromatic amines is 1. The summed E-state index contributed by atoms with van der Waals surface area (Å²) < 4.78 is 13.6. The summed E-state index contributed by atoms with van der Waals surface area (Å²) in [4.78, 5) is 3.24. The molecule has 0 bridgehead atoms. The molecule has 3 aromatic rings. The van der Waals surface area contributed by atoms with E-state index in [1.54, 1.807) is 12.1 Å². The van der Waals surface area contributed by atoms with Gasteiger partial charge in [0.05, 0.1) is 0 Å². The minimum absolute atomic E-state index is 0.206. The van der Waals surface area contributed by atoms with Gasteiger partial charge in [0.25, 0.3) is 0 Å². The van der Waals surface area contributed by atoms with E-state index < -0.39 is 0 Å². The van der Waals surface area contributed by atoms with E-state index in [2.05, 4.69) is 11.1 Å². The first-order chi connectivity index (χ1) is 10.7. The van der Waals surface area contributed by atoms with Crippen LogP contribution >= 0.6 is 11.6 Å². The predicted octanol–water partition coefficient (Wildman–Crippen LogP) is 4.54. The van der Waals surface area contributed by atoms with Gasteiger partial charge in [0, 0.05) is 28.0 Å². The second-order valence-corrected chi connectivity index (χ2v) is 6.36. The van der Waals surface area contributed by atoms with Crippen LogP contribution in [0.5, 0.6) is 0 Å². The second kappa shape index (κ2) is 5.11. The van der Waals surface area contributed by atoms with Crippen molar-refractivity contribution in [2.45, 2.75) is 18.3 Å². The Bertz CT molecular complexity index is 855. The first-order valence-electron chi connectivity index (χ1n) is 7.43. The van der Waals surface area contributed by atoms with Gasteiger partial charge in [-0.05, 0) is 65.9 Å². The molecule has 0 radical (unpaired) electrons. The number of halogens is 2. The molecule has 0 fully saturated rings. The van der Waals surface area contributed by atoms with Crippen LogP contribution < -0.4 is 5.73 Å². The Hall–Kier alpha value is -1.84. The van der Waals surface area contributed by atoms with E-state index in [-0.39, 0.29) is 11.7 Å². The van der Waals surface area contributed by atoms with Gasteiger partial charge in [-0.25, -0.2) is 4.39 Å². The minimum atomic E-state index is -0.215. The van der Waals surface area contributed by atoms with Crippen LogP contribution in [-0.4, -0.2) is 11.5 Å². The summed E-state index contributed by atoms with van der Waals surface area (Å²) in [6.07, 6.45) is 2.92. The average molecular weight is 315 g/mol. The maximum atomic E-state index is 13.6. The van der Waals surface area contributed by atoms with Crippen LogP contribution in [0.4, 0.5) is 4.39 Å². The lowest BCUT2D eigenvalue weighted by atomic mass is 9.92. The van der Waals surface area contributed by atoms with Gasteiger partial charge in [0.1, 0.15) is 5.82 Å². The highest BCUT2D eigenvalue weighted by molar-refractivity contribution is 6.30. The zero-order chi connectivity index (χ0) is 15.3. The van der Waals surface area contributed by atoms with Crippen molar-refractivity contribution in [1.82, 2.24) is 4.98 Å². The summed E-state index contributed by atoms with van der Waals surface area (Å²) in [7, 11) is 0. The minimum Gasteiger partial charge on any atom is -0.361 e. The van der Waals surface area contributed by atoms with Gasteiger partial charge in [0.2, 0.25) is 0 Å². The standard InChI is InChI=1S/C18H16ClFN2/c19-11-1-3-13-10(8-21)5-14(15(13)6-11)17-9-22-18-4-2-12(20)7-16(17)18/h1-4,6-7,9-10,14,22H,5,8,21H2. The molecule has 0 amide bonds. The third-order valence-electron chi connectivity index (χ3n) is 4.72. The molecule has 112 valence electrons. The Morgan fingerprint density at radius 3 is 2.82 bits per heavy atom. The van der Waals surface area contributed by atoms with E-state index in [0.29, 0.717) is 12.5 Å². The topological polar surface area (TPSA) is 41.8 Å². The van der Waals surface area contributed by atoms with Gasteiger partial charge < -0.3 is 10.7 Å². The van der Waals surface area contributed by atoms with Crippen LogP contribution in [-0.2, 0) is 0 Å². The van der Waals surface area contributed by atoms with E-state index in [1.807, 2.05) is 18.3 Å². The molecule has 22 heavy (non-hydrogen) atoms. The first-order valence-corrected chi connectivity index (χ1v) is 7.81. The van der Waals surface area contributed by atoms with Crippen molar-refractivity contribution < 1.29 is 4.39 Å². The van der Waals surface area contributed by atoms with Crippen molar-refractivity contribution in [3.8, 4) is 0 Å². The van der Waals surface area contributed by atoms with E-state index >= 15 is 0 Å². The van der Waals surface area contributed by atoms with Gasteiger partial charge >= 0.3 is 0 Å². The van der Waals surface area contributed by atoms with Crippen molar-refractivity contribution in [2.24, 2.45) is 5.73 Å². The maximum absolute atomic E-state index is 13.6. The number of H-pyrrole nitrogens is 1. The Labute approximate surface area is 133 Å². The Kier molecular flexibility index (Phi) is 3.21. The molecule has 0 aliphatic heterocycles. The number of rotatable bonds is 2. The number of benzene rings is 2. The molecule has 2 aromatic carbocycles. The largest absolute Gasteiger partial charge is 0.361 e. The summed E-state index contributed by atoms with van der Waals surface area (Å²) in [6.45, 7) is 0.613. The summed E-state index contributed by atoms with van der Waals surface area (Å²) in [5, 5.41) is 1.67. The SMILES string of the molecule is NCC1CC(c2c[nH]c3ccc(F)cc23)c2cc(Cl)ccc21. The lowest BCUT2D eigenvalue weighted by molar-refractivity contribution is 0.628. The molecule has 1 aliphatic carbocycles. The predicted molar refractivity (Wildman–Crippen MR) is 88.0 cm³/mol. The smallest absolute Gasteiger partial charge is 0.123 e. The molecule has 4 rings (SSSR count). The number of hydrogen-bond acceptors (Lipinski definition) is 1. The van der Waals surface area contributed by atoms with Gasteiger partial charge in [-0.3, -0.25) is 0 Å². The number of aromatic nitrogens is 1. The molecule has 1 heterocycles. The number of fused-ring (bicyclic) bond motifs is 2. The first kappa shape index (κ1) is 13.8.